The molecule has 0 radical (unpaired) electrons. The second-order valence-electron chi connectivity index (χ2n) is 4.77. The van der Waals surface area contributed by atoms with Crippen molar-refractivity contribution in [1.29, 1.82) is 0 Å². The van der Waals surface area contributed by atoms with E-state index in [9.17, 15) is 18.0 Å². The van der Waals surface area contributed by atoms with Crippen LogP contribution in [0.1, 0.15) is 16.8 Å². The van der Waals surface area contributed by atoms with Crippen LogP contribution in [0.25, 0.3) is 5.65 Å². The van der Waals surface area contributed by atoms with Crippen LogP contribution in [0.15, 0.2) is 53.6 Å². The number of hydrogen-bond acceptors (Lipinski definition) is 1. The molecule has 2 aromatic heterocycles. The fourth-order valence-corrected chi connectivity index (χ4v) is 2.32. The molecular weight excluding hydrogens is 281 g/mol. The number of hydrogen-bond donors (Lipinski definition) is 1. The molecule has 0 saturated carbocycles. The first-order valence-electron chi connectivity index (χ1n) is 6.28. The van der Waals surface area contributed by atoms with E-state index in [0.29, 0.717) is 11.3 Å². The lowest BCUT2D eigenvalue weighted by atomic mass is 10.0. The van der Waals surface area contributed by atoms with Crippen LogP contribution in [0.3, 0.4) is 0 Å². The topological polar surface area (TPSA) is 37.3 Å². The van der Waals surface area contributed by atoms with Crippen molar-refractivity contribution in [3.05, 3.63) is 75.8 Å². The average molecular weight is 292 g/mol. The van der Waals surface area contributed by atoms with E-state index in [1.807, 2.05) is 0 Å². The molecule has 3 aromatic rings. The molecule has 0 bridgehead atoms. The molecule has 108 valence electrons. The predicted octanol–water partition coefficient (Wildman–Crippen LogP) is 3.24. The molecule has 0 aliphatic carbocycles. The van der Waals surface area contributed by atoms with Crippen molar-refractivity contribution in [3.63, 3.8) is 0 Å². The number of nitrogens with one attached hydrogen (secondary N) is 1. The van der Waals surface area contributed by atoms with Crippen LogP contribution in [0.5, 0.6) is 0 Å². The summed E-state index contributed by atoms with van der Waals surface area (Å²) in [6.45, 7) is 0. The summed E-state index contributed by atoms with van der Waals surface area (Å²) in [5.41, 5.74) is 0.566. The normalized spacial score (nSPS) is 12.0. The highest BCUT2D eigenvalue weighted by Crippen LogP contribution is 2.32. The lowest BCUT2D eigenvalue weighted by Crippen LogP contribution is -2.09. The van der Waals surface area contributed by atoms with Crippen molar-refractivity contribution in [2.24, 2.45) is 0 Å². The third-order valence-electron chi connectivity index (χ3n) is 3.24. The second kappa shape index (κ2) is 4.80. The van der Waals surface area contributed by atoms with Crippen molar-refractivity contribution < 1.29 is 13.2 Å². The number of imidazole rings is 1. The minimum atomic E-state index is -4.38. The van der Waals surface area contributed by atoms with Gasteiger partial charge in [0.05, 0.1) is 5.56 Å². The molecule has 21 heavy (non-hydrogen) atoms. The van der Waals surface area contributed by atoms with Gasteiger partial charge in [-0.2, -0.15) is 13.2 Å². The number of aromatic amines is 1. The third-order valence-corrected chi connectivity index (χ3v) is 3.24. The van der Waals surface area contributed by atoms with E-state index in [2.05, 4.69) is 4.98 Å². The van der Waals surface area contributed by atoms with E-state index in [4.69, 9.17) is 0 Å². The molecule has 0 amide bonds. The van der Waals surface area contributed by atoms with Gasteiger partial charge in [-0.1, -0.05) is 18.2 Å². The quantitative estimate of drug-likeness (QED) is 0.773. The van der Waals surface area contributed by atoms with E-state index < -0.39 is 11.7 Å². The standard InChI is InChI=1S/C15H11F3N2O/c16-15(17,18)13-4-2-1-3-10(13)7-11-9-20-6-5-12(21)8-14(20)19-11/h1-6,8-9,19H,7H2. The van der Waals surface area contributed by atoms with Crippen molar-refractivity contribution in [2.75, 3.05) is 0 Å². The molecule has 0 unspecified atom stereocenters. The Kier molecular flexibility index (Phi) is 3.08. The van der Waals surface area contributed by atoms with Crippen LogP contribution in [0.4, 0.5) is 13.2 Å². The molecule has 0 atom stereocenters. The largest absolute Gasteiger partial charge is 0.416 e. The van der Waals surface area contributed by atoms with Gasteiger partial charge in [0, 0.05) is 36.6 Å². The van der Waals surface area contributed by atoms with Gasteiger partial charge in [-0.25, -0.2) is 0 Å². The van der Waals surface area contributed by atoms with Gasteiger partial charge in [0.25, 0.3) is 0 Å². The Morgan fingerprint density at radius 3 is 2.67 bits per heavy atom. The zero-order valence-electron chi connectivity index (χ0n) is 10.8. The van der Waals surface area contributed by atoms with E-state index in [0.717, 1.165) is 6.07 Å². The van der Waals surface area contributed by atoms with Crippen LogP contribution in [-0.4, -0.2) is 9.38 Å². The highest BCUT2D eigenvalue weighted by atomic mass is 19.4. The van der Waals surface area contributed by atoms with E-state index in [-0.39, 0.29) is 17.4 Å². The maximum Gasteiger partial charge on any atom is 0.416 e. The number of pyridine rings is 1. The van der Waals surface area contributed by atoms with Crippen molar-refractivity contribution in [2.45, 2.75) is 12.6 Å². The molecule has 3 nitrogen and oxygen atoms in total. The zero-order valence-corrected chi connectivity index (χ0v) is 10.8. The molecule has 6 heteroatoms. The molecule has 2 heterocycles. The van der Waals surface area contributed by atoms with Gasteiger partial charge >= 0.3 is 6.18 Å². The number of nitrogens with zero attached hydrogens (tertiary/aromatic N) is 1. The highest BCUT2D eigenvalue weighted by molar-refractivity contribution is 5.41. The molecule has 0 aliphatic heterocycles. The van der Waals surface area contributed by atoms with Gasteiger partial charge in [-0.15, -0.1) is 0 Å². The first kappa shape index (κ1) is 13.5. The minimum Gasteiger partial charge on any atom is -0.343 e. The number of aromatic nitrogens is 2. The van der Waals surface area contributed by atoms with Crippen LogP contribution in [0, 0.1) is 0 Å². The third kappa shape index (κ3) is 2.69. The maximum atomic E-state index is 13.0. The molecule has 1 N–H and O–H groups in total. The van der Waals surface area contributed by atoms with Gasteiger partial charge < -0.3 is 9.38 Å². The number of H-pyrrole nitrogens is 1. The highest BCUT2D eigenvalue weighted by Gasteiger charge is 2.32. The van der Waals surface area contributed by atoms with Crippen LogP contribution in [0.2, 0.25) is 0 Å². The SMILES string of the molecule is O=c1ccn2cc(Cc3ccccc3C(F)(F)F)[nH]c2c1. The Morgan fingerprint density at radius 2 is 1.90 bits per heavy atom. The van der Waals surface area contributed by atoms with Crippen LogP contribution in [-0.2, 0) is 12.6 Å². The molecule has 0 spiro atoms. The minimum absolute atomic E-state index is 0.117. The molecule has 0 saturated heterocycles. The summed E-state index contributed by atoms with van der Waals surface area (Å²) >= 11 is 0. The number of alkyl halides is 3. The molecule has 0 aliphatic rings. The number of fused-ring (bicyclic) bond motifs is 1. The Balaban J connectivity index is 2.01. The first-order valence-corrected chi connectivity index (χ1v) is 6.28. The summed E-state index contributed by atoms with van der Waals surface area (Å²) in [5.74, 6) is 0. The molecule has 0 fully saturated rings. The summed E-state index contributed by atoms with van der Waals surface area (Å²) in [6.07, 6.45) is -1.00. The number of rotatable bonds is 2. The summed E-state index contributed by atoms with van der Waals surface area (Å²) in [7, 11) is 0. The molecule has 1 aromatic carbocycles. The van der Waals surface area contributed by atoms with Crippen LogP contribution >= 0.6 is 0 Å². The summed E-state index contributed by atoms with van der Waals surface area (Å²) in [4.78, 5) is 14.2. The summed E-state index contributed by atoms with van der Waals surface area (Å²) in [6, 6.07) is 8.28. The summed E-state index contributed by atoms with van der Waals surface area (Å²) in [5, 5.41) is 0. The van der Waals surface area contributed by atoms with Crippen molar-refractivity contribution >= 4 is 5.65 Å². The maximum absolute atomic E-state index is 13.0. The summed E-state index contributed by atoms with van der Waals surface area (Å²) < 4.78 is 40.5. The first-order chi connectivity index (χ1) is 9.93. The van der Waals surface area contributed by atoms with E-state index >= 15 is 0 Å². The van der Waals surface area contributed by atoms with Gasteiger partial charge in [0.1, 0.15) is 5.65 Å². The predicted molar refractivity (Wildman–Crippen MR) is 72.3 cm³/mol. The monoisotopic (exact) mass is 292 g/mol. The van der Waals surface area contributed by atoms with Gasteiger partial charge in [-0.3, -0.25) is 4.79 Å². The zero-order chi connectivity index (χ0) is 15.0. The lowest BCUT2D eigenvalue weighted by Gasteiger charge is -2.11. The fourth-order valence-electron chi connectivity index (χ4n) is 2.32. The molecular formula is C15H11F3N2O. The number of halogens is 3. The fraction of sp³-hybridized carbons (Fsp3) is 0.133. The molecule has 3 rings (SSSR count). The smallest absolute Gasteiger partial charge is 0.343 e. The van der Waals surface area contributed by atoms with Gasteiger partial charge in [-0.05, 0) is 11.6 Å². The van der Waals surface area contributed by atoms with Crippen LogP contribution < -0.4 is 5.43 Å². The second-order valence-corrected chi connectivity index (χ2v) is 4.77. The Hall–Kier alpha value is -2.50. The average Bonchev–Trinajstić information content (AvgIpc) is 2.79. The number of benzene rings is 1. The van der Waals surface area contributed by atoms with E-state index in [1.165, 1.54) is 24.3 Å². The lowest BCUT2D eigenvalue weighted by molar-refractivity contribution is -0.138. The Morgan fingerprint density at radius 1 is 1.14 bits per heavy atom. The van der Waals surface area contributed by atoms with E-state index in [1.54, 1.807) is 22.9 Å². The Labute approximate surface area is 117 Å². The van der Waals surface area contributed by atoms with Gasteiger partial charge in [0.2, 0.25) is 0 Å². The Bertz CT molecular complexity index is 846. The van der Waals surface area contributed by atoms with Crippen molar-refractivity contribution in [1.82, 2.24) is 9.38 Å². The van der Waals surface area contributed by atoms with Crippen molar-refractivity contribution in [3.8, 4) is 0 Å². The van der Waals surface area contributed by atoms with Gasteiger partial charge in [0.15, 0.2) is 5.43 Å².